The molecule has 0 aromatic heterocycles. The first-order valence-corrected chi connectivity index (χ1v) is 8.96. The van der Waals surface area contributed by atoms with E-state index in [9.17, 15) is 9.59 Å². The van der Waals surface area contributed by atoms with Gasteiger partial charge in [-0.3, -0.25) is 9.59 Å². The lowest BCUT2D eigenvalue weighted by atomic mass is 9.95. The molecule has 0 heterocycles. The van der Waals surface area contributed by atoms with E-state index in [0.717, 1.165) is 43.6 Å². The van der Waals surface area contributed by atoms with Crippen LogP contribution in [0.1, 0.15) is 38.7 Å². The summed E-state index contributed by atoms with van der Waals surface area (Å²) in [5.74, 6) is 0.526. The van der Waals surface area contributed by atoms with Crippen molar-refractivity contribution in [3.8, 4) is 0 Å². The molecule has 1 aliphatic carbocycles. The quantitative estimate of drug-likeness (QED) is 0.805. The minimum atomic E-state index is 0.0268. The standard InChI is InChI=1S/C19H29N3O2/c1-3-22(4-2)18(23)12-14-8-10-16(11-9-14)21-19(24)17-7-5-6-15(17)13-20/h8-11,15,17H,3-7,12-13,20H2,1-2H3,(H,21,24)/t15-,17-/m1/s1. The molecule has 5 heteroatoms. The van der Waals surface area contributed by atoms with E-state index in [1.165, 1.54) is 0 Å². The van der Waals surface area contributed by atoms with Crippen molar-refractivity contribution in [2.24, 2.45) is 17.6 Å². The Hall–Kier alpha value is -1.88. The van der Waals surface area contributed by atoms with E-state index in [0.29, 0.717) is 18.9 Å². The van der Waals surface area contributed by atoms with Crippen LogP contribution in [0, 0.1) is 11.8 Å². The number of nitrogens with two attached hydrogens (primary N) is 1. The van der Waals surface area contributed by atoms with Crippen molar-refractivity contribution < 1.29 is 9.59 Å². The van der Waals surface area contributed by atoms with Crippen molar-refractivity contribution in [3.63, 3.8) is 0 Å². The zero-order chi connectivity index (χ0) is 17.5. The predicted octanol–water partition coefficient (Wildman–Crippen LogP) is 2.41. The van der Waals surface area contributed by atoms with Gasteiger partial charge in [0.25, 0.3) is 0 Å². The second-order valence-corrected chi connectivity index (χ2v) is 6.46. The van der Waals surface area contributed by atoms with Gasteiger partial charge in [-0.1, -0.05) is 18.6 Å². The Labute approximate surface area is 144 Å². The summed E-state index contributed by atoms with van der Waals surface area (Å²) in [4.78, 5) is 26.3. The Kier molecular flexibility index (Phi) is 6.79. The molecule has 3 N–H and O–H groups in total. The third kappa shape index (κ3) is 4.57. The lowest BCUT2D eigenvalue weighted by molar-refractivity contribution is -0.130. The average molecular weight is 331 g/mol. The van der Waals surface area contributed by atoms with Gasteiger partial charge >= 0.3 is 0 Å². The summed E-state index contributed by atoms with van der Waals surface area (Å²) < 4.78 is 0. The van der Waals surface area contributed by atoms with Gasteiger partial charge in [0.05, 0.1) is 6.42 Å². The van der Waals surface area contributed by atoms with Crippen molar-refractivity contribution in [2.45, 2.75) is 39.5 Å². The number of carbonyl (C=O) groups is 2. The van der Waals surface area contributed by atoms with Crippen molar-refractivity contribution >= 4 is 17.5 Å². The molecule has 24 heavy (non-hydrogen) atoms. The first-order chi connectivity index (χ1) is 11.6. The Bertz CT molecular complexity index is 552. The maximum Gasteiger partial charge on any atom is 0.227 e. The first kappa shape index (κ1) is 18.5. The van der Waals surface area contributed by atoms with Crippen molar-refractivity contribution in [2.75, 3.05) is 25.0 Å². The molecular formula is C19H29N3O2. The number of hydrogen-bond acceptors (Lipinski definition) is 3. The number of nitrogens with one attached hydrogen (secondary N) is 1. The van der Waals surface area contributed by atoms with Crippen LogP contribution in [-0.4, -0.2) is 36.3 Å². The van der Waals surface area contributed by atoms with E-state index in [1.54, 1.807) is 0 Å². The number of rotatable bonds is 7. The summed E-state index contributed by atoms with van der Waals surface area (Å²) in [7, 11) is 0. The molecule has 0 unspecified atom stereocenters. The minimum absolute atomic E-state index is 0.0268. The molecule has 0 saturated heterocycles. The molecule has 1 saturated carbocycles. The molecule has 0 spiro atoms. The maximum absolute atomic E-state index is 12.4. The molecule has 1 fully saturated rings. The number of hydrogen-bond donors (Lipinski definition) is 2. The molecular weight excluding hydrogens is 302 g/mol. The highest BCUT2D eigenvalue weighted by atomic mass is 16.2. The van der Waals surface area contributed by atoms with Gasteiger partial charge in [0.2, 0.25) is 11.8 Å². The zero-order valence-electron chi connectivity index (χ0n) is 14.8. The fourth-order valence-corrected chi connectivity index (χ4v) is 3.47. The van der Waals surface area contributed by atoms with E-state index >= 15 is 0 Å². The molecule has 2 atom stereocenters. The maximum atomic E-state index is 12.4. The molecule has 2 rings (SSSR count). The first-order valence-electron chi connectivity index (χ1n) is 8.96. The van der Waals surface area contributed by atoms with Crippen molar-refractivity contribution in [3.05, 3.63) is 29.8 Å². The molecule has 0 radical (unpaired) electrons. The number of carbonyl (C=O) groups excluding carboxylic acids is 2. The van der Waals surface area contributed by atoms with Crippen LogP contribution in [0.15, 0.2) is 24.3 Å². The summed E-state index contributed by atoms with van der Waals surface area (Å²) >= 11 is 0. The third-order valence-corrected chi connectivity index (χ3v) is 4.99. The van der Waals surface area contributed by atoms with Crippen LogP contribution in [0.4, 0.5) is 5.69 Å². The van der Waals surface area contributed by atoms with Crippen molar-refractivity contribution in [1.29, 1.82) is 0 Å². The van der Waals surface area contributed by atoms with Crippen LogP contribution in [0.5, 0.6) is 0 Å². The van der Waals surface area contributed by atoms with Crippen LogP contribution < -0.4 is 11.1 Å². The Morgan fingerprint density at radius 3 is 2.42 bits per heavy atom. The zero-order valence-corrected chi connectivity index (χ0v) is 14.8. The lowest BCUT2D eigenvalue weighted by Crippen LogP contribution is -2.31. The summed E-state index contributed by atoms with van der Waals surface area (Å²) in [6.07, 6.45) is 3.44. The minimum Gasteiger partial charge on any atom is -0.343 e. The van der Waals surface area contributed by atoms with Crippen LogP contribution in [-0.2, 0) is 16.0 Å². The molecule has 1 aliphatic rings. The van der Waals surface area contributed by atoms with Gasteiger partial charge in [-0.05, 0) is 56.8 Å². The summed E-state index contributed by atoms with van der Waals surface area (Å²) in [5.41, 5.74) is 7.50. The Morgan fingerprint density at radius 1 is 1.17 bits per heavy atom. The molecule has 2 amide bonds. The van der Waals surface area contributed by atoms with E-state index in [-0.39, 0.29) is 17.7 Å². The van der Waals surface area contributed by atoms with E-state index in [1.807, 2.05) is 43.0 Å². The van der Waals surface area contributed by atoms with Gasteiger partial charge in [0.15, 0.2) is 0 Å². The molecule has 132 valence electrons. The smallest absolute Gasteiger partial charge is 0.227 e. The molecule has 1 aromatic carbocycles. The largest absolute Gasteiger partial charge is 0.343 e. The SMILES string of the molecule is CCN(CC)C(=O)Cc1ccc(NC(=O)[C@@H]2CCC[C@@H]2CN)cc1. The molecule has 1 aromatic rings. The van der Waals surface area contributed by atoms with E-state index < -0.39 is 0 Å². The topological polar surface area (TPSA) is 75.4 Å². The fourth-order valence-electron chi connectivity index (χ4n) is 3.47. The number of amides is 2. The summed E-state index contributed by atoms with van der Waals surface area (Å²) in [6, 6.07) is 7.56. The number of likely N-dealkylation sites (N-methyl/N-ethyl adjacent to an activating group) is 1. The van der Waals surface area contributed by atoms with Gasteiger partial charge in [0.1, 0.15) is 0 Å². The van der Waals surface area contributed by atoms with Gasteiger partial charge in [-0.15, -0.1) is 0 Å². The average Bonchev–Trinajstić information content (AvgIpc) is 3.06. The Morgan fingerprint density at radius 2 is 1.83 bits per heavy atom. The second kappa shape index (κ2) is 8.83. The normalized spacial score (nSPS) is 20.0. The Balaban J connectivity index is 1.92. The monoisotopic (exact) mass is 331 g/mol. The van der Waals surface area contributed by atoms with Gasteiger partial charge in [-0.25, -0.2) is 0 Å². The van der Waals surface area contributed by atoms with Gasteiger partial charge in [0, 0.05) is 24.7 Å². The fraction of sp³-hybridized carbons (Fsp3) is 0.579. The van der Waals surface area contributed by atoms with Crippen LogP contribution >= 0.6 is 0 Å². The molecule has 0 bridgehead atoms. The third-order valence-electron chi connectivity index (χ3n) is 4.99. The highest BCUT2D eigenvalue weighted by Gasteiger charge is 2.31. The second-order valence-electron chi connectivity index (χ2n) is 6.46. The van der Waals surface area contributed by atoms with E-state index in [4.69, 9.17) is 5.73 Å². The highest BCUT2D eigenvalue weighted by molar-refractivity contribution is 5.93. The predicted molar refractivity (Wildman–Crippen MR) is 96.6 cm³/mol. The summed E-state index contributed by atoms with van der Waals surface area (Å²) in [6.45, 7) is 6.00. The van der Waals surface area contributed by atoms with Crippen LogP contribution in [0.2, 0.25) is 0 Å². The summed E-state index contributed by atoms with van der Waals surface area (Å²) in [5, 5.41) is 2.98. The lowest BCUT2D eigenvalue weighted by Gasteiger charge is -2.19. The van der Waals surface area contributed by atoms with Crippen LogP contribution in [0.3, 0.4) is 0 Å². The highest BCUT2D eigenvalue weighted by Crippen LogP contribution is 2.31. The number of nitrogens with zero attached hydrogens (tertiary/aromatic N) is 1. The van der Waals surface area contributed by atoms with Crippen LogP contribution in [0.25, 0.3) is 0 Å². The van der Waals surface area contributed by atoms with Gasteiger partial charge < -0.3 is 16.0 Å². The van der Waals surface area contributed by atoms with Gasteiger partial charge in [-0.2, -0.15) is 0 Å². The molecule has 5 nitrogen and oxygen atoms in total. The van der Waals surface area contributed by atoms with Crippen molar-refractivity contribution in [1.82, 2.24) is 4.90 Å². The van der Waals surface area contributed by atoms with E-state index in [2.05, 4.69) is 5.32 Å². The molecule has 0 aliphatic heterocycles. The number of anilines is 1. The number of benzene rings is 1.